The quantitative estimate of drug-likeness (QED) is 0.484. The number of rotatable bonds is 9. The Bertz CT molecular complexity index is 278. The molecule has 0 aromatic rings. The minimum atomic E-state index is -0.557. The fourth-order valence-electron chi connectivity index (χ4n) is 1.11. The second kappa shape index (κ2) is 21.8. The van der Waals surface area contributed by atoms with Crippen LogP contribution in [0.15, 0.2) is 0 Å². The van der Waals surface area contributed by atoms with Gasteiger partial charge in [-0.2, -0.15) is 0 Å². The lowest BCUT2D eigenvalue weighted by atomic mass is 10.4. The summed E-state index contributed by atoms with van der Waals surface area (Å²) < 4.78 is 14.4. The largest absolute Gasteiger partial charge is 0.463 e. The molecule has 0 aliphatic heterocycles. The van der Waals surface area contributed by atoms with E-state index in [1.54, 1.807) is 6.92 Å². The van der Waals surface area contributed by atoms with Crippen LogP contribution < -0.4 is 0 Å². The molecule has 0 aliphatic carbocycles. The summed E-state index contributed by atoms with van der Waals surface area (Å²) >= 11 is 0. The highest BCUT2D eigenvalue weighted by Crippen LogP contribution is 1.93. The van der Waals surface area contributed by atoms with Crippen LogP contribution in [0.5, 0.6) is 0 Å². The van der Waals surface area contributed by atoms with Crippen molar-refractivity contribution in [2.24, 2.45) is 0 Å². The van der Waals surface area contributed by atoms with Crippen LogP contribution in [-0.4, -0.2) is 60.8 Å². The molecule has 0 bridgehead atoms. The number of aliphatic hydroxyl groups excluding tert-OH is 2. The summed E-state index contributed by atoms with van der Waals surface area (Å²) in [7, 11) is 0. The van der Waals surface area contributed by atoms with E-state index in [0.29, 0.717) is 13.2 Å². The van der Waals surface area contributed by atoms with Crippen molar-refractivity contribution < 1.29 is 34.0 Å². The van der Waals surface area contributed by atoms with Gasteiger partial charge < -0.3 is 24.4 Å². The van der Waals surface area contributed by atoms with Crippen molar-refractivity contribution >= 4 is 11.9 Å². The van der Waals surface area contributed by atoms with E-state index in [2.05, 4.69) is 11.7 Å². The Morgan fingerprint density at radius 2 is 1.58 bits per heavy atom. The molecule has 0 heterocycles. The zero-order chi connectivity index (χ0) is 19.4. The van der Waals surface area contributed by atoms with E-state index in [1.165, 1.54) is 13.8 Å². The summed E-state index contributed by atoms with van der Waals surface area (Å²) in [4.78, 5) is 20.4. The highest BCUT2D eigenvalue weighted by molar-refractivity contribution is 5.66. The first-order valence-corrected chi connectivity index (χ1v) is 8.38. The lowest BCUT2D eigenvalue weighted by Gasteiger charge is -2.11. The van der Waals surface area contributed by atoms with Crippen LogP contribution in [0.25, 0.3) is 0 Å². The Balaban J connectivity index is -0.000000298. The molecule has 7 heteroatoms. The molecule has 0 aliphatic rings. The fraction of sp³-hybridized carbons (Fsp3) is 0.882. The van der Waals surface area contributed by atoms with Crippen LogP contribution in [0, 0.1) is 0 Å². The SMILES string of the molecule is CC(=O)OCC(C)O.CCCCO.CCCOCC(C)OC(C)=O. The summed E-state index contributed by atoms with van der Waals surface area (Å²) in [5.74, 6) is -0.608. The van der Waals surface area contributed by atoms with Crippen molar-refractivity contribution in [3.63, 3.8) is 0 Å². The molecule has 24 heavy (non-hydrogen) atoms. The van der Waals surface area contributed by atoms with Gasteiger partial charge in [-0.05, 0) is 26.7 Å². The van der Waals surface area contributed by atoms with Gasteiger partial charge in [0.1, 0.15) is 12.7 Å². The van der Waals surface area contributed by atoms with Gasteiger partial charge in [0.2, 0.25) is 0 Å². The van der Waals surface area contributed by atoms with Crippen LogP contribution in [0.1, 0.15) is 60.8 Å². The van der Waals surface area contributed by atoms with Crippen molar-refractivity contribution in [2.45, 2.75) is 73.0 Å². The Morgan fingerprint density at radius 1 is 1.00 bits per heavy atom. The van der Waals surface area contributed by atoms with E-state index >= 15 is 0 Å². The predicted octanol–water partition coefficient (Wildman–Crippen LogP) is 2.07. The first-order valence-electron chi connectivity index (χ1n) is 8.38. The van der Waals surface area contributed by atoms with Gasteiger partial charge >= 0.3 is 11.9 Å². The van der Waals surface area contributed by atoms with Gasteiger partial charge in [-0.25, -0.2) is 0 Å². The Labute approximate surface area is 146 Å². The van der Waals surface area contributed by atoms with Crippen LogP contribution >= 0.6 is 0 Å². The summed E-state index contributed by atoms with van der Waals surface area (Å²) in [6.07, 6.45) is 2.35. The van der Waals surface area contributed by atoms with Crippen molar-refractivity contribution in [3.05, 3.63) is 0 Å². The molecule has 0 rings (SSSR count). The molecule has 2 N–H and O–H groups in total. The normalized spacial score (nSPS) is 11.8. The number of esters is 2. The number of carbonyl (C=O) groups excluding carboxylic acids is 2. The van der Waals surface area contributed by atoms with E-state index in [-0.39, 0.29) is 24.6 Å². The molecule has 0 spiro atoms. The molecule has 146 valence electrons. The van der Waals surface area contributed by atoms with Crippen LogP contribution in [-0.2, 0) is 23.8 Å². The number of carbonyl (C=O) groups is 2. The summed E-state index contributed by atoms with van der Waals surface area (Å²) in [6.45, 7) is 11.8. The zero-order valence-electron chi connectivity index (χ0n) is 16.0. The third-order valence-electron chi connectivity index (χ3n) is 2.11. The summed E-state index contributed by atoms with van der Waals surface area (Å²) in [5.41, 5.74) is 0. The minimum absolute atomic E-state index is 0.0926. The molecule has 7 nitrogen and oxygen atoms in total. The molecule has 2 unspecified atom stereocenters. The summed E-state index contributed by atoms with van der Waals surface area (Å²) in [5, 5.41) is 16.6. The van der Waals surface area contributed by atoms with Crippen LogP contribution in [0.4, 0.5) is 0 Å². The van der Waals surface area contributed by atoms with Crippen molar-refractivity contribution in [1.82, 2.24) is 0 Å². The third kappa shape index (κ3) is 37.2. The monoisotopic (exact) mass is 352 g/mol. The second-order valence-electron chi connectivity index (χ2n) is 5.22. The third-order valence-corrected chi connectivity index (χ3v) is 2.11. The lowest BCUT2D eigenvalue weighted by molar-refractivity contribution is -0.148. The van der Waals surface area contributed by atoms with Crippen LogP contribution in [0.3, 0.4) is 0 Å². The molecule has 0 radical (unpaired) electrons. The van der Waals surface area contributed by atoms with Crippen molar-refractivity contribution in [1.29, 1.82) is 0 Å². The molecular formula is C17H36O7. The van der Waals surface area contributed by atoms with Gasteiger partial charge in [0.25, 0.3) is 0 Å². The molecule has 0 saturated carbocycles. The zero-order valence-corrected chi connectivity index (χ0v) is 16.0. The Kier molecular flexibility index (Phi) is 25.1. The average Bonchev–Trinajstić information content (AvgIpc) is 2.47. The van der Waals surface area contributed by atoms with E-state index in [9.17, 15) is 9.59 Å². The number of aliphatic hydroxyl groups is 2. The smallest absolute Gasteiger partial charge is 0.302 e. The molecule has 0 fully saturated rings. The van der Waals surface area contributed by atoms with Crippen LogP contribution in [0.2, 0.25) is 0 Å². The van der Waals surface area contributed by atoms with E-state index in [4.69, 9.17) is 19.7 Å². The number of hydrogen-bond acceptors (Lipinski definition) is 7. The number of hydrogen-bond donors (Lipinski definition) is 2. The first kappa shape index (κ1) is 27.7. The maximum atomic E-state index is 10.4. The van der Waals surface area contributed by atoms with Gasteiger partial charge in [0, 0.05) is 27.1 Å². The molecule has 0 aromatic heterocycles. The average molecular weight is 352 g/mol. The molecular weight excluding hydrogens is 316 g/mol. The highest BCUT2D eigenvalue weighted by atomic mass is 16.6. The highest BCUT2D eigenvalue weighted by Gasteiger charge is 2.03. The molecule has 2 atom stereocenters. The fourth-order valence-corrected chi connectivity index (χ4v) is 1.11. The molecule has 0 amide bonds. The maximum absolute atomic E-state index is 10.4. The minimum Gasteiger partial charge on any atom is -0.463 e. The van der Waals surface area contributed by atoms with Gasteiger partial charge in [-0.15, -0.1) is 0 Å². The topological polar surface area (TPSA) is 102 Å². The standard InChI is InChI=1S/C8H16O3.C5H10O3.C4H10O/c1-4-5-10-6-7(2)11-8(3)9;1-4(6)3-8-5(2)7;1-2-3-4-5/h7H,4-6H2,1-3H3;4,6H,3H2,1-2H3;5H,2-4H2,1H3. The number of unbranched alkanes of at least 4 members (excludes halogenated alkanes) is 1. The van der Waals surface area contributed by atoms with E-state index in [0.717, 1.165) is 25.9 Å². The van der Waals surface area contributed by atoms with E-state index in [1.807, 2.05) is 13.8 Å². The lowest BCUT2D eigenvalue weighted by Crippen LogP contribution is -2.18. The van der Waals surface area contributed by atoms with Gasteiger partial charge in [0.05, 0.1) is 12.7 Å². The Morgan fingerprint density at radius 3 is 1.83 bits per heavy atom. The summed E-state index contributed by atoms with van der Waals surface area (Å²) in [6, 6.07) is 0. The van der Waals surface area contributed by atoms with Gasteiger partial charge in [-0.3, -0.25) is 9.59 Å². The Hall–Kier alpha value is -1.18. The van der Waals surface area contributed by atoms with Crippen molar-refractivity contribution in [2.75, 3.05) is 26.4 Å². The molecule has 0 aromatic carbocycles. The first-order chi connectivity index (χ1) is 11.2. The van der Waals surface area contributed by atoms with Gasteiger partial charge in [0.15, 0.2) is 0 Å². The predicted molar refractivity (Wildman–Crippen MR) is 92.6 cm³/mol. The van der Waals surface area contributed by atoms with Crippen molar-refractivity contribution in [3.8, 4) is 0 Å². The van der Waals surface area contributed by atoms with E-state index < -0.39 is 6.10 Å². The maximum Gasteiger partial charge on any atom is 0.302 e. The second-order valence-corrected chi connectivity index (χ2v) is 5.22. The molecule has 0 saturated heterocycles. The number of ether oxygens (including phenoxy) is 3. The van der Waals surface area contributed by atoms with Gasteiger partial charge in [-0.1, -0.05) is 20.3 Å².